The van der Waals surface area contributed by atoms with Gasteiger partial charge in [0.25, 0.3) is 0 Å². The largest absolute Gasteiger partial charge is 0.491 e. The first kappa shape index (κ1) is 13.7. The predicted molar refractivity (Wildman–Crippen MR) is 74.4 cm³/mol. The number of hydrogen-bond donors (Lipinski definition) is 0. The van der Waals surface area contributed by atoms with Gasteiger partial charge in [0.2, 0.25) is 0 Å². The lowest BCUT2D eigenvalue weighted by molar-refractivity contribution is 0.0164. The topological polar surface area (TPSA) is 18.5 Å². The Labute approximate surface area is 114 Å². The molecule has 2 atom stereocenters. The summed E-state index contributed by atoms with van der Waals surface area (Å²) < 4.78 is 11.4. The lowest BCUT2D eigenvalue weighted by Gasteiger charge is -2.29. The zero-order valence-corrected chi connectivity index (χ0v) is 12.0. The van der Waals surface area contributed by atoms with Crippen molar-refractivity contribution < 1.29 is 9.47 Å². The molecule has 1 aliphatic heterocycles. The maximum atomic E-state index is 6.55. The van der Waals surface area contributed by atoms with Gasteiger partial charge in [-0.1, -0.05) is 12.1 Å². The van der Waals surface area contributed by atoms with Crippen LogP contribution in [0.3, 0.4) is 0 Å². The highest BCUT2D eigenvalue weighted by atomic mass is 35.5. The first-order valence-electron chi connectivity index (χ1n) is 6.56. The number of halogens is 1. The molecule has 0 amide bonds. The Hall–Kier alpha value is -0.730. The van der Waals surface area contributed by atoms with E-state index in [0.717, 1.165) is 30.8 Å². The fourth-order valence-corrected chi connectivity index (χ4v) is 2.66. The monoisotopic (exact) mass is 268 g/mol. The van der Waals surface area contributed by atoms with Gasteiger partial charge < -0.3 is 9.47 Å². The summed E-state index contributed by atoms with van der Waals surface area (Å²) in [6, 6.07) is 8.01. The molecule has 0 aliphatic carbocycles. The molecule has 2 rings (SSSR count). The Kier molecular flexibility index (Phi) is 4.18. The molecule has 2 unspecified atom stereocenters. The van der Waals surface area contributed by atoms with Crippen LogP contribution in [-0.4, -0.2) is 18.3 Å². The molecule has 1 aliphatic rings. The van der Waals surface area contributed by atoms with Crippen molar-refractivity contribution in [1.29, 1.82) is 0 Å². The summed E-state index contributed by atoms with van der Waals surface area (Å²) in [5, 5.41) is -0.104. The van der Waals surface area contributed by atoms with E-state index in [9.17, 15) is 0 Å². The number of rotatable bonds is 4. The molecule has 2 nitrogen and oxygen atoms in total. The van der Waals surface area contributed by atoms with Gasteiger partial charge in [-0.25, -0.2) is 0 Å². The van der Waals surface area contributed by atoms with E-state index in [0.29, 0.717) is 0 Å². The van der Waals surface area contributed by atoms with Crippen LogP contribution in [0.1, 0.15) is 44.6 Å². The maximum Gasteiger partial charge on any atom is 0.119 e. The van der Waals surface area contributed by atoms with Crippen LogP contribution in [0.15, 0.2) is 24.3 Å². The zero-order valence-electron chi connectivity index (χ0n) is 11.3. The van der Waals surface area contributed by atoms with E-state index < -0.39 is 0 Å². The predicted octanol–water partition coefficient (Wildman–Crippen LogP) is 4.32. The molecule has 0 saturated carbocycles. The van der Waals surface area contributed by atoms with Crippen LogP contribution in [0.25, 0.3) is 0 Å². The molecule has 0 bridgehead atoms. The molecule has 0 aromatic heterocycles. The third-order valence-electron chi connectivity index (χ3n) is 3.33. The molecule has 3 heteroatoms. The van der Waals surface area contributed by atoms with E-state index in [1.807, 2.05) is 38.1 Å². The van der Waals surface area contributed by atoms with Crippen molar-refractivity contribution in [3.8, 4) is 5.75 Å². The summed E-state index contributed by atoms with van der Waals surface area (Å²) in [4.78, 5) is 0. The molecule has 1 saturated heterocycles. The number of benzene rings is 1. The Morgan fingerprint density at radius 2 is 1.94 bits per heavy atom. The van der Waals surface area contributed by atoms with Crippen molar-refractivity contribution in [3.05, 3.63) is 29.8 Å². The van der Waals surface area contributed by atoms with Crippen LogP contribution in [0.5, 0.6) is 5.75 Å². The van der Waals surface area contributed by atoms with Gasteiger partial charge in [-0.3, -0.25) is 0 Å². The molecule has 1 aromatic carbocycles. The summed E-state index contributed by atoms with van der Waals surface area (Å²) in [5.41, 5.74) is 0.860. The van der Waals surface area contributed by atoms with Gasteiger partial charge >= 0.3 is 0 Å². The van der Waals surface area contributed by atoms with Gasteiger partial charge in [0.15, 0.2) is 0 Å². The fraction of sp³-hybridized carbons (Fsp3) is 0.600. The average Bonchev–Trinajstić information content (AvgIpc) is 2.77. The third kappa shape index (κ3) is 2.99. The Bertz CT molecular complexity index is 380. The van der Waals surface area contributed by atoms with Gasteiger partial charge in [0, 0.05) is 6.61 Å². The van der Waals surface area contributed by atoms with Crippen molar-refractivity contribution in [3.63, 3.8) is 0 Å². The van der Waals surface area contributed by atoms with Crippen molar-refractivity contribution in [2.75, 3.05) is 6.61 Å². The molecule has 18 heavy (non-hydrogen) atoms. The van der Waals surface area contributed by atoms with E-state index in [2.05, 4.69) is 6.92 Å². The minimum absolute atomic E-state index is 0.104. The summed E-state index contributed by atoms with van der Waals surface area (Å²) in [7, 11) is 0. The van der Waals surface area contributed by atoms with Gasteiger partial charge in [-0.15, -0.1) is 11.6 Å². The Morgan fingerprint density at radius 1 is 1.28 bits per heavy atom. The molecule has 1 fully saturated rings. The first-order valence-corrected chi connectivity index (χ1v) is 6.99. The van der Waals surface area contributed by atoms with Crippen molar-refractivity contribution in [2.45, 2.75) is 50.7 Å². The first-order chi connectivity index (χ1) is 8.51. The second-order valence-electron chi connectivity index (χ2n) is 5.36. The minimum atomic E-state index is -0.234. The highest BCUT2D eigenvalue weighted by Crippen LogP contribution is 2.41. The van der Waals surface area contributed by atoms with Crippen LogP contribution >= 0.6 is 11.6 Å². The summed E-state index contributed by atoms with van der Waals surface area (Å²) in [6.45, 7) is 6.95. The molecule has 0 N–H and O–H groups in total. The third-order valence-corrected chi connectivity index (χ3v) is 4.04. The zero-order chi connectivity index (χ0) is 13.2. The summed E-state index contributed by atoms with van der Waals surface area (Å²) in [5.74, 6) is 0.884. The Balaban J connectivity index is 2.09. The number of ether oxygens (including phenoxy) is 2. The number of hydrogen-bond acceptors (Lipinski definition) is 2. The number of alkyl halides is 1. The van der Waals surface area contributed by atoms with Crippen molar-refractivity contribution in [2.24, 2.45) is 0 Å². The van der Waals surface area contributed by atoms with E-state index in [-0.39, 0.29) is 17.1 Å². The maximum absolute atomic E-state index is 6.55. The average molecular weight is 269 g/mol. The lowest BCUT2D eigenvalue weighted by atomic mass is 9.93. The molecule has 0 radical (unpaired) electrons. The fourth-order valence-electron chi connectivity index (χ4n) is 2.34. The Morgan fingerprint density at radius 3 is 2.44 bits per heavy atom. The van der Waals surface area contributed by atoms with Crippen LogP contribution in [0.4, 0.5) is 0 Å². The van der Waals surface area contributed by atoms with Crippen LogP contribution in [0, 0.1) is 0 Å². The van der Waals surface area contributed by atoms with E-state index in [1.54, 1.807) is 0 Å². The van der Waals surface area contributed by atoms with Crippen molar-refractivity contribution >= 4 is 11.6 Å². The summed E-state index contributed by atoms with van der Waals surface area (Å²) in [6.07, 6.45) is 2.30. The van der Waals surface area contributed by atoms with Gasteiger partial charge in [0.05, 0.1) is 17.1 Å². The molecule has 100 valence electrons. The second kappa shape index (κ2) is 5.50. The molecule has 0 spiro atoms. The normalized spacial score (nSPS) is 25.4. The molecule has 1 heterocycles. The molecular weight excluding hydrogens is 248 g/mol. The molecular formula is C15H21ClO2. The van der Waals surface area contributed by atoms with Gasteiger partial charge in [0.1, 0.15) is 5.75 Å². The smallest absolute Gasteiger partial charge is 0.119 e. The van der Waals surface area contributed by atoms with Gasteiger partial charge in [-0.05, 0) is 51.3 Å². The molecule has 1 aromatic rings. The highest BCUT2D eigenvalue weighted by Gasteiger charge is 2.38. The van der Waals surface area contributed by atoms with E-state index >= 15 is 0 Å². The quantitative estimate of drug-likeness (QED) is 0.757. The van der Waals surface area contributed by atoms with E-state index in [1.165, 1.54) is 0 Å². The van der Waals surface area contributed by atoms with Gasteiger partial charge in [-0.2, -0.15) is 0 Å². The summed E-state index contributed by atoms with van der Waals surface area (Å²) >= 11 is 6.55. The minimum Gasteiger partial charge on any atom is -0.491 e. The van der Waals surface area contributed by atoms with Crippen molar-refractivity contribution in [1.82, 2.24) is 0 Å². The second-order valence-corrected chi connectivity index (χ2v) is 5.80. The SMILES string of the molecule is CC(C)Oc1ccc(C(Cl)C2(C)CCCO2)cc1. The van der Waals surface area contributed by atoms with E-state index in [4.69, 9.17) is 21.1 Å². The lowest BCUT2D eigenvalue weighted by Crippen LogP contribution is -2.28. The van der Waals surface area contributed by atoms with Crippen LogP contribution < -0.4 is 4.74 Å². The van der Waals surface area contributed by atoms with Crippen LogP contribution in [-0.2, 0) is 4.74 Å². The standard InChI is InChI=1S/C15H21ClO2/c1-11(2)18-13-7-5-12(6-8-13)14(16)15(3)9-4-10-17-15/h5-8,11,14H,4,9-10H2,1-3H3. The highest BCUT2D eigenvalue weighted by molar-refractivity contribution is 6.21. The van der Waals surface area contributed by atoms with Crippen LogP contribution in [0.2, 0.25) is 0 Å².